The number of carbonyl (C=O) groups excluding carboxylic acids is 1. The predicted molar refractivity (Wildman–Crippen MR) is 149 cm³/mol. The number of anilines is 2. The third-order valence-corrected chi connectivity index (χ3v) is 5.60. The fourth-order valence-corrected chi connectivity index (χ4v) is 3.74. The summed E-state index contributed by atoms with van der Waals surface area (Å²) in [6.45, 7) is 6.37. The van der Waals surface area contributed by atoms with E-state index >= 15 is 0 Å². The Morgan fingerprint density at radius 1 is 1.02 bits per heavy atom. The molecular weight excluding hydrogens is 514 g/mol. The number of nitrogens with zero attached hydrogens (tertiary/aromatic N) is 5. The first-order chi connectivity index (χ1) is 19.2. The zero-order valence-electron chi connectivity index (χ0n) is 22.8. The molecule has 0 radical (unpaired) electrons. The van der Waals surface area contributed by atoms with Gasteiger partial charge in [-0.25, -0.2) is 9.78 Å². The zero-order valence-corrected chi connectivity index (χ0v) is 22.8. The van der Waals surface area contributed by atoms with Gasteiger partial charge in [-0.3, -0.25) is 4.79 Å². The highest BCUT2D eigenvalue weighted by atomic mass is 16.6. The third kappa shape index (κ3) is 8.38. The number of benzene rings is 2. The van der Waals surface area contributed by atoms with Crippen molar-refractivity contribution in [2.45, 2.75) is 52.1 Å². The van der Waals surface area contributed by atoms with Crippen molar-refractivity contribution in [1.82, 2.24) is 30.3 Å². The van der Waals surface area contributed by atoms with Crippen molar-refractivity contribution in [3.8, 4) is 11.4 Å². The van der Waals surface area contributed by atoms with Crippen LogP contribution in [0.4, 0.5) is 16.4 Å². The van der Waals surface area contributed by atoms with Crippen LogP contribution in [0.2, 0.25) is 0 Å². The minimum atomic E-state index is -0.841. The molecule has 0 fully saturated rings. The minimum absolute atomic E-state index is 0.0678. The molecular formula is C28H33N7O5. The predicted octanol–water partition coefficient (Wildman–Crippen LogP) is 4.66. The van der Waals surface area contributed by atoms with Gasteiger partial charge in [0, 0.05) is 18.7 Å². The molecule has 0 atom stereocenters. The summed E-state index contributed by atoms with van der Waals surface area (Å²) in [4.78, 5) is 31.3. The minimum Gasteiger partial charge on any atom is -0.494 e. The van der Waals surface area contributed by atoms with Gasteiger partial charge in [0.1, 0.15) is 11.4 Å². The molecule has 12 nitrogen and oxygen atoms in total. The maximum atomic E-state index is 11.7. The van der Waals surface area contributed by atoms with Gasteiger partial charge in [0.05, 0.1) is 18.5 Å². The van der Waals surface area contributed by atoms with Gasteiger partial charge in [0.2, 0.25) is 5.95 Å². The van der Waals surface area contributed by atoms with Crippen LogP contribution in [-0.4, -0.2) is 60.9 Å². The SMILES string of the molecule is CC(C)(C)OC(=O)NCCCc1ccc(Nc2ncc3nnn(-c4ccc(OCCCC(=O)O)cc4)c3n2)cc1. The summed E-state index contributed by atoms with van der Waals surface area (Å²) in [6.07, 6.45) is 3.32. The maximum absolute atomic E-state index is 11.7. The third-order valence-electron chi connectivity index (χ3n) is 5.60. The van der Waals surface area contributed by atoms with Crippen LogP contribution in [0.25, 0.3) is 16.9 Å². The standard InChI is InChI=1S/C28H33N7O5/c1-28(2,3)40-27(38)29-16-4-6-19-8-10-20(11-9-19)31-26-30-18-23-25(32-26)35(34-33-23)21-12-14-22(15-13-21)39-17-5-7-24(36)37/h8-15,18H,4-7,16-17H2,1-3H3,(H,29,38)(H,36,37)(H,30,31,32). The van der Waals surface area contributed by atoms with E-state index in [0.29, 0.717) is 42.4 Å². The zero-order chi connectivity index (χ0) is 28.5. The van der Waals surface area contributed by atoms with Crippen molar-refractivity contribution in [2.75, 3.05) is 18.5 Å². The molecule has 0 aliphatic carbocycles. The quantitative estimate of drug-likeness (QED) is 0.213. The Morgan fingerprint density at radius 3 is 2.48 bits per heavy atom. The molecule has 0 bridgehead atoms. The summed E-state index contributed by atoms with van der Waals surface area (Å²) in [7, 11) is 0. The second kappa shape index (κ2) is 12.9. The summed E-state index contributed by atoms with van der Waals surface area (Å²) in [6, 6.07) is 15.2. The lowest BCUT2D eigenvalue weighted by Gasteiger charge is -2.19. The molecule has 0 unspecified atom stereocenters. The van der Waals surface area contributed by atoms with E-state index in [2.05, 4.69) is 30.9 Å². The van der Waals surface area contributed by atoms with Gasteiger partial charge in [-0.2, -0.15) is 9.67 Å². The lowest BCUT2D eigenvalue weighted by Crippen LogP contribution is -2.33. The van der Waals surface area contributed by atoms with Crippen molar-refractivity contribution in [2.24, 2.45) is 0 Å². The largest absolute Gasteiger partial charge is 0.494 e. The first-order valence-electron chi connectivity index (χ1n) is 13.0. The smallest absolute Gasteiger partial charge is 0.407 e. The van der Waals surface area contributed by atoms with Crippen molar-refractivity contribution in [3.63, 3.8) is 0 Å². The molecule has 0 aliphatic heterocycles. The number of alkyl carbamates (subject to hydrolysis) is 1. The van der Waals surface area contributed by atoms with E-state index in [1.54, 1.807) is 23.0 Å². The second-order valence-electron chi connectivity index (χ2n) is 10.1. The molecule has 2 heterocycles. The Labute approximate surface area is 231 Å². The van der Waals surface area contributed by atoms with Crippen molar-refractivity contribution in [1.29, 1.82) is 0 Å². The molecule has 0 spiro atoms. The first kappa shape index (κ1) is 28.3. The highest BCUT2D eigenvalue weighted by Gasteiger charge is 2.15. The van der Waals surface area contributed by atoms with Gasteiger partial charge in [-0.05, 0) is 82.0 Å². The Morgan fingerprint density at radius 2 is 1.77 bits per heavy atom. The normalized spacial score (nSPS) is 11.3. The van der Waals surface area contributed by atoms with Crippen LogP contribution in [0.1, 0.15) is 45.6 Å². The topological polar surface area (TPSA) is 153 Å². The van der Waals surface area contributed by atoms with E-state index < -0.39 is 17.7 Å². The fourth-order valence-electron chi connectivity index (χ4n) is 3.74. The average Bonchev–Trinajstić information content (AvgIpc) is 3.33. The van der Waals surface area contributed by atoms with Crippen LogP contribution in [0, 0.1) is 0 Å². The van der Waals surface area contributed by atoms with Crippen LogP contribution in [0.15, 0.2) is 54.7 Å². The second-order valence-corrected chi connectivity index (χ2v) is 10.1. The van der Waals surface area contributed by atoms with E-state index in [1.807, 2.05) is 57.2 Å². The Balaban J connectivity index is 1.32. The number of hydrogen-bond donors (Lipinski definition) is 3. The van der Waals surface area contributed by atoms with E-state index in [1.165, 1.54) is 0 Å². The molecule has 210 valence electrons. The van der Waals surface area contributed by atoms with Gasteiger partial charge in [0.25, 0.3) is 0 Å². The fraction of sp³-hybridized carbons (Fsp3) is 0.357. The van der Waals surface area contributed by atoms with Crippen LogP contribution < -0.4 is 15.4 Å². The number of aryl methyl sites for hydroxylation is 1. The number of aliphatic carboxylic acids is 1. The molecule has 4 aromatic rings. The summed E-state index contributed by atoms with van der Waals surface area (Å²) >= 11 is 0. The van der Waals surface area contributed by atoms with Crippen LogP contribution in [-0.2, 0) is 16.0 Å². The lowest BCUT2D eigenvalue weighted by atomic mass is 10.1. The van der Waals surface area contributed by atoms with Gasteiger partial charge < -0.3 is 25.2 Å². The molecule has 12 heteroatoms. The number of hydrogen-bond acceptors (Lipinski definition) is 9. The number of ether oxygens (including phenoxy) is 2. The lowest BCUT2D eigenvalue weighted by molar-refractivity contribution is -0.137. The number of amides is 1. The van der Waals surface area contributed by atoms with Gasteiger partial charge in [-0.15, -0.1) is 5.10 Å². The Kier molecular flexibility index (Phi) is 9.10. The van der Waals surface area contributed by atoms with E-state index in [9.17, 15) is 9.59 Å². The van der Waals surface area contributed by atoms with Crippen LogP contribution in [0.3, 0.4) is 0 Å². The van der Waals surface area contributed by atoms with E-state index in [-0.39, 0.29) is 6.42 Å². The summed E-state index contributed by atoms with van der Waals surface area (Å²) in [5.74, 6) is 0.202. The molecule has 4 rings (SSSR count). The van der Waals surface area contributed by atoms with Crippen LogP contribution >= 0.6 is 0 Å². The number of nitrogens with one attached hydrogen (secondary N) is 2. The van der Waals surface area contributed by atoms with Gasteiger partial charge >= 0.3 is 12.1 Å². The number of carbonyl (C=O) groups is 2. The van der Waals surface area contributed by atoms with Crippen LogP contribution in [0.5, 0.6) is 5.75 Å². The van der Waals surface area contributed by atoms with Gasteiger partial charge in [0.15, 0.2) is 11.2 Å². The van der Waals surface area contributed by atoms with E-state index in [0.717, 1.165) is 29.8 Å². The molecule has 2 aromatic heterocycles. The number of fused-ring (bicyclic) bond motifs is 1. The summed E-state index contributed by atoms with van der Waals surface area (Å²) < 4.78 is 12.5. The average molecular weight is 548 g/mol. The monoisotopic (exact) mass is 547 g/mol. The van der Waals surface area contributed by atoms with E-state index in [4.69, 9.17) is 14.6 Å². The summed E-state index contributed by atoms with van der Waals surface area (Å²) in [5, 5.41) is 23.1. The van der Waals surface area contributed by atoms with Crippen molar-refractivity contribution >= 4 is 34.9 Å². The molecule has 2 aromatic carbocycles. The Hall–Kier alpha value is -4.74. The first-order valence-corrected chi connectivity index (χ1v) is 13.0. The number of rotatable bonds is 12. The number of aromatic nitrogens is 5. The Bertz CT molecular complexity index is 1430. The number of carboxylic acid groups (broad SMARTS) is 1. The van der Waals surface area contributed by atoms with Gasteiger partial charge in [-0.1, -0.05) is 17.3 Å². The highest BCUT2D eigenvalue weighted by Crippen LogP contribution is 2.21. The number of carboxylic acids is 1. The summed E-state index contributed by atoms with van der Waals surface area (Å²) in [5.41, 5.74) is 3.31. The molecule has 40 heavy (non-hydrogen) atoms. The molecule has 3 N–H and O–H groups in total. The highest BCUT2D eigenvalue weighted by molar-refractivity contribution is 5.73. The van der Waals surface area contributed by atoms with Crippen molar-refractivity contribution in [3.05, 3.63) is 60.3 Å². The molecule has 1 amide bonds. The van der Waals surface area contributed by atoms with Crippen molar-refractivity contribution < 1.29 is 24.2 Å². The molecule has 0 aliphatic rings. The molecule has 0 saturated heterocycles. The maximum Gasteiger partial charge on any atom is 0.407 e. The molecule has 0 saturated carbocycles.